The predicted octanol–water partition coefficient (Wildman–Crippen LogP) is 0.595. The maximum absolute atomic E-state index is 5.90. The normalized spacial score (nSPS) is 10.9. The van der Waals surface area contributed by atoms with Gasteiger partial charge in [-0.25, -0.2) is 0 Å². The van der Waals surface area contributed by atoms with Crippen LogP contribution in [-0.4, -0.2) is 24.8 Å². The number of nitrogens with two attached hydrogens (primary N) is 1. The standard InChI is InChI=1S/C9H13ClN6/c1-7-9(10)5-12-16(7)3-2-15-6-8(4-11)13-14-15/h5-6H,2-4,11H2,1H3. The fraction of sp³-hybridized carbons (Fsp3) is 0.444. The van der Waals surface area contributed by atoms with Gasteiger partial charge in [-0.05, 0) is 6.92 Å². The molecule has 2 heterocycles. The first-order valence-electron chi connectivity index (χ1n) is 4.97. The molecule has 2 rings (SSSR count). The topological polar surface area (TPSA) is 74.5 Å². The van der Waals surface area contributed by atoms with Crippen LogP contribution in [0.1, 0.15) is 11.4 Å². The molecule has 0 unspecified atom stereocenters. The monoisotopic (exact) mass is 240 g/mol. The van der Waals surface area contributed by atoms with Gasteiger partial charge in [0.1, 0.15) is 0 Å². The first-order valence-corrected chi connectivity index (χ1v) is 5.35. The quantitative estimate of drug-likeness (QED) is 0.849. The van der Waals surface area contributed by atoms with Gasteiger partial charge in [-0.15, -0.1) is 5.10 Å². The first kappa shape index (κ1) is 11.1. The second kappa shape index (κ2) is 4.63. The van der Waals surface area contributed by atoms with Crippen LogP contribution in [0.15, 0.2) is 12.4 Å². The number of hydrogen-bond acceptors (Lipinski definition) is 4. The lowest BCUT2D eigenvalue weighted by molar-refractivity contribution is 0.483. The molecule has 2 aromatic rings. The molecule has 0 atom stereocenters. The van der Waals surface area contributed by atoms with E-state index in [0.717, 1.165) is 11.4 Å². The van der Waals surface area contributed by atoms with Crippen LogP contribution in [-0.2, 0) is 19.6 Å². The molecule has 0 bridgehead atoms. The molecule has 0 saturated heterocycles. The number of hydrogen-bond donors (Lipinski definition) is 1. The van der Waals surface area contributed by atoms with E-state index in [2.05, 4.69) is 15.4 Å². The van der Waals surface area contributed by atoms with Crippen molar-refractivity contribution in [1.29, 1.82) is 0 Å². The number of aromatic nitrogens is 5. The Kier molecular flexibility index (Phi) is 3.21. The average Bonchev–Trinajstić information content (AvgIpc) is 2.86. The zero-order chi connectivity index (χ0) is 11.5. The third-order valence-corrected chi connectivity index (χ3v) is 2.75. The summed E-state index contributed by atoms with van der Waals surface area (Å²) < 4.78 is 3.59. The molecule has 0 amide bonds. The zero-order valence-corrected chi connectivity index (χ0v) is 9.72. The highest BCUT2D eigenvalue weighted by Gasteiger charge is 2.04. The second-order valence-electron chi connectivity index (χ2n) is 3.48. The van der Waals surface area contributed by atoms with Crippen LogP contribution in [0.3, 0.4) is 0 Å². The molecule has 0 aromatic carbocycles. The number of aryl methyl sites for hydroxylation is 2. The van der Waals surface area contributed by atoms with Crippen molar-refractivity contribution in [1.82, 2.24) is 24.8 Å². The lowest BCUT2D eigenvalue weighted by Crippen LogP contribution is -2.10. The Bertz CT molecular complexity index is 474. The summed E-state index contributed by atoms with van der Waals surface area (Å²) in [5, 5.41) is 12.7. The Labute approximate surface area is 98.0 Å². The third-order valence-electron chi connectivity index (χ3n) is 2.38. The van der Waals surface area contributed by atoms with Gasteiger partial charge in [0, 0.05) is 12.7 Å². The summed E-state index contributed by atoms with van der Waals surface area (Å²) in [4.78, 5) is 0. The molecule has 0 spiro atoms. The molecule has 0 fully saturated rings. The zero-order valence-electron chi connectivity index (χ0n) is 8.97. The van der Waals surface area contributed by atoms with Gasteiger partial charge in [-0.2, -0.15) is 5.10 Å². The van der Waals surface area contributed by atoms with E-state index in [0.29, 0.717) is 24.7 Å². The molecule has 86 valence electrons. The molecule has 16 heavy (non-hydrogen) atoms. The van der Waals surface area contributed by atoms with E-state index in [1.807, 2.05) is 17.8 Å². The van der Waals surface area contributed by atoms with E-state index in [9.17, 15) is 0 Å². The van der Waals surface area contributed by atoms with Crippen LogP contribution < -0.4 is 5.73 Å². The summed E-state index contributed by atoms with van der Waals surface area (Å²) in [5.41, 5.74) is 7.19. The van der Waals surface area contributed by atoms with Crippen molar-refractivity contribution in [3.8, 4) is 0 Å². The molecular weight excluding hydrogens is 228 g/mol. The van der Waals surface area contributed by atoms with Crippen LogP contribution >= 0.6 is 11.6 Å². The van der Waals surface area contributed by atoms with E-state index in [4.69, 9.17) is 17.3 Å². The van der Waals surface area contributed by atoms with Gasteiger partial charge < -0.3 is 5.73 Å². The van der Waals surface area contributed by atoms with Gasteiger partial charge in [-0.3, -0.25) is 9.36 Å². The van der Waals surface area contributed by atoms with Crippen molar-refractivity contribution in [2.75, 3.05) is 0 Å². The average molecular weight is 241 g/mol. The lowest BCUT2D eigenvalue weighted by atomic mass is 10.4. The smallest absolute Gasteiger partial charge is 0.0962 e. The van der Waals surface area contributed by atoms with Gasteiger partial charge >= 0.3 is 0 Å². The highest BCUT2D eigenvalue weighted by Crippen LogP contribution is 2.12. The van der Waals surface area contributed by atoms with Crippen LogP contribution in [0.4, 0.5) is 0 Å². The van der Waals surface area contributed by atoms with Crippen molar-refractivity contribution >= 4 is 11.6 Å². The van der Waals surface area contributed by atoms with Crippen molar-refractivity contribution in [2.24, 2.45) is 5.73 Å². The van der Waals surface area contributed by atoms with Gasteiger partial charge in [0.05, 0.1) is 35.7 Å². The van der Waals surface area contributed by atoms with E-state index < -0.39 is 0 Å². The summed E-state index contributed by atoms with van der Waals surface area (Å²) in [7, 11) is 0. The van der Waals surface area contributed by atoms with E-state index in [-0.39, 0.29) is 0 Å². The fourth-order valence-corrected chi connectivity index (χ4v) is 1.53. The van der Waals surface area contributed by atoms with Crippen LogP contribution in [0, 0.1) is 6.92 Å². The van der Waals surface area contributed by atoms with Gasteiger partial charge in [0.25, 0.3) is 0 Å². The largest absolute Gasteiger partial charge is 0.325 e. The van der Waals surface area contributed by atoms with Crippen LogP contribution in [0.2, 0.25) is 5.02 Å². The summed E-state index contributed by atoms with van der Waals surface area (Å²) in [6.07, 6.45) is 3.48. The minimum Gasteiger partial charge on any atom is -0.325 e. The molecule has 0 radical (unpaired) electrons. The minimum atomic E-state index is 0.409. The van der Waals surface area contributed by atoms with E-state index in [1.54, 1.807) is 10.9 Å². The molecule has 0 aliphatic carbocycles. The Morgan fingerprint density at radius 2 is 2.25 bits per heavy atom. The molecule has 2 aromatic heterocycles. The van der Waals surface area contributed by atoms with Gasteiger partial charge in [0.15, 0.2) is 0 Å². The maximum Gasteiger partial charge on any atom is 0.0962 e. The molecule has 0 aliphatic heterocycles. The highest BCUT2D eigenvalue weighted by molar-refractivity contribution is 6.31. The Morgan fingerprint density at radius 1 is 1.44 bits per heavy atom. The van der Waals surface area contributed by atoms with Gasteiger partial charge in [0.2, 0.25) is 0 Å². The lowest BCUT2D eigenvalue weighted by Gasteiger charge is -2.03. The molecular formula is C9H13ClN6. The molecule has 7 heteroatoms. The molecule has 0 saturated carbocycles. The fourth-order valence-electron chi connectivity index (χ4n) is 1.39. The maximum atomic E-state index is 5.90. The number of halogens is 1. The summed E-state index contributed by atoms with van der Waals surface area (Å²) in [6.45, 7) is 3.76. The predicted molar refractivity (Wildman–Crippen MR) is 59.9 cm³/mol. The van der Waals surface area contributed by atoms with E-state index in [1.165, 1.54) is 0 Å². The third kappa shape index (κ3) is 2.23. The Balaban J connectivity index is 1.99. The summed E-state index contributed by atoms with van der Waals surface area (Å²) in [5.74, 6) is 0. The van der Waals surface area contributed by atoms with Crippen LogP contribution in [0.5, 0.6) is 0 Å². The molecule has 6 nitrogen and oxygen atoms in total. The van der Waals surface area contributed by atoms with E-state index >= 15 is 0 Å². The molecule has 2 N–H and O–H groups in total. The summed E-state index contributed by atoms with van der Waals surface area (Å²) >= 11 is 5.90. The highest BCUT2D eigenvalue weighted by atomic mass is 35.5. The minimum absolute atomic E-state index is 0.409. The summed E-state index contributed by atoms with van der Waals surface area (Å²) in [6, 6.07) is 0. The number of nitrogens with zero attached hydrogens (tertiary/aromatic N) is 5. The second-order valence-corrected chi connectivity index (χ2v) is 3.89. The SMILES string of the molecule is Cc1c(Cl)cnn1CCn1cc(CN)nn1. The number of rotatable bonds is 4. The first-order chi connectivity index (χ1) is 7.70. The van der Waals surface area contributed by atoms with Gasteiger partial charge in [-0.1, -0.05) is 16.8 Å². The van der Waals surface area contributed by atoms with Crippen molar-refractivity contribution in [3.63, 3.8) is 0 Å². The van der Waals surface area contributed by atoms with Crippen LogP contribution in [0.25, 0.3) is 0 Å². The van der Waals surface area contributed by atoms with Crippen molar-refractivity contribution in [3.05, 3.63) is 28.8 Å². The van der Waals surface area contributed by atoms with Crippen molar-refractivity contribution < 1.29 is 0 Å². The Hall–Kier alpha value is -1.40. The Morgan fingerprint density at radius 3 is 2.81 bits per heavy atom. The van der Waals surface area contributed by atoms with Crippen molar-refractivity contribution in [2.45, 2.75) is 26.6 Å². The molecule has 0 aliphatic rings.